The van der Waals surface area contributed by atoms with E-state index in [0.29, 0.717) is 51.9 Å². The van der Waals surface area contributed by atoms with Gasteiger partial charge >= 0.3 is 0 Å². The zero-order chi connectivity index (χ0) is 27.4. The third-order valence-electron chi connectivity index (χ3n) is 7.50. The smallest absolute Gasteiger partial charge is 0.151 e. The number of aromatic nitrogens is 7. The Morgan fingerprint density at radius 1 is 1.10 bits per heavy atom. The topological polar surface area (TPSA) is 124 Å². The lowest BCUT2D eigenvalue weighted by Gasteiger charge is -2.48. The predicted octanol–water partition coefficient (Wildman–Crippen LogP) is 5.15. The molecule has 1 aliphatic heterocycles. The summed E-state index contributed by atoms with van der Waals surface area (Å²) < 4.78 is 8.25. The van der Waals surface area contributed by atoms with Crippen molar-refractivity contribution in [2.24, 2.45) is 5.73 Å². The Kier molecular flexibility index (Phi) is 6.14. The number of nitrogens with zero attached hydrogens (tertiary/aromatic N) is 7. The van der Waals surface area contributed by atoms with E-state index in [1.807, 2.05) is 43.5 Å². The molecule has 10 nitrogen and oxygen atoms in total. The molecule has 0 bridgehead atoms. The van der Waals surface area contributed by atoms with Crippen molar-refractivity contribution in [2.75, 3.05) is 18.0 Å². The summed E-state index contributed by atoms with van der Waals surface area (Å²) in [5.74, 6) is 1.45. The van der Waals surface area contributed by atoms with Crippen LogP contribution in [0.4, 0.5) is 5.82 Å². The minimum Gasteiger partial charge on any atom is -0.486 e. The Morgan fingerprint density at radius 2 is 1.90 bits per heavy atom. The second-order valence-corrected chi connectivity index (χ2v) is 11.6. The lowest BCUT2D eigenvalue weighted by Crippen LogP contribution is -2.68. The summed E-state index contributed by atoms with van der Waals surface area (Å²) >= 11 is 12.6. The van der Waals surface area contributed by atoms with Crippen LogP contribution in [0.3, 0.4) is 0 Å². The van der Waals surface area contributed by atoms with E-state index in [-0.39, 0.29) is 11.6 Å². The summed E-state index contributed by atoms with van der Waals surface area (Å²) in [7, 11) is 0. The van der Waals surface area contributed by atoms with Crippen molar-refractivity contribution in [3.8, 4) is 17.1 Å². The van der Waals surface area contributed by atoms with E-state index in [9.17, 15) is 0 Å². The van der Waals surface area contributed by atoms with E-state index in [2.05, 4.69) is 46.3 Å². The predicted molar refractivity (Wildman–Crippen MR) is 154 cm³/mol. The van der Waals surface area contributed by atoms with Gasteiger partial charge in [-0.2, -0.15) is 10.2 Å². The molecule has 7 rings (SSSR count). The largest absolute Gasteiger partial charge is 0.486 e. The number of nitrogens with two attached hydrogens (primary N) is 1. The van der Waals surface area contributed by atoms with E-state index in [1.165, 1.54) is 18.4 Å². The fourth-order valence-electron chi connectivity index (χ4n) is 5.36. The Labute approximate surface area is 240 Å². The summed E-state index contributed by atoms with van der Waals surface area (Å²) in [6.07, 6.45) is 10.0. The van der Waals surface area contributed by atoms with Gasteiger partial charge in [0.1, 0.15) is 23.2 Å². The molecule has 0 radical (unpaired) electrons. The fourth-order valence-corrected chi connectivity index (χ4v) is 6.03. The van der Waals surface area contributed by atoms with Gasteiger partial charge in [-0.05, 0) is 62.1 Å². The molecule has 40 heavy (non-hydrogen) atoms. The molecule has 0 unspecified atom stereocenters. The first-order valence-electron chi connectivity index (χ1n) is 13.2. The number of fused-ring (bicyclic) bond motifs is 1. The van der Waals surface area contributed by atoms with Crippen molar-refractivity contribution < 1.29 is 4.74 Å². The molecule has 4 aromatic heterocycles. The minimum atomic E-state index is -0.379. The molecule has 0 amide bonds. The Hall–Kier alpha value is -3.73. The van der Waals surface area contributed by atoms with E-state index in [1.54, 1.807) is 12.4 Å². The first kappa shape index (κ1) is 25.3. The number of hydrogen-bond acceptors (Lipinski definition) is 8. The summed E-state index contributed by atoms with van der Waals surface area (Å²) in [5, 5.41) is 22.8. The average Bonchev–Trinajstić information content (AvgIpc) is 3.52. The van der Waals surface area contributed by atoms with Crippen LogP contribution in [0.1, 0.15) is 43.0 Å². The van der Waals surface area contributed by atoms with Gasteiger partial charge in [0.15, 0.2) is 5.82 Å². The normalized spacial score (nSPS) is 17.1. The molecule has 1 aromatic carbocycles. The average molecular weight is 576 g/mol. The highest BCUT2D eigenvalue weighted by molar-refractivity contribution is 6.35. The maximum atomic E-state index is 6.66. The molecule has 5 heterocycles. The van der Waals surface area contributed by atoms with Crippen molar-refractivity contribution in [1.82, 2.24) is 35.2 Å². The highest BCUT2D eigenvalue weighted by atomic mass is 35.5. The number of halogens is 2. The Morgan fingerprint density at radius 3 is 2.62 bits per heavy atom. The monoisotopic (exact) mass is 575 g/mol. The second-order valence-electron chi connectivity index (χ2n) is 10.8. The van der Waals surface area contributed by atoms with Crippen LogP contribution in [0.25, 0.3) is 22.3 Å². The number of benzene rings is 1. The summed E-state index contributed by atoms with van der Waals surface area (Å²) in [6.45, 7) is 3.32. The van der Waals surface area contributed by atoms with E-state index >= 15 is 0 Å². The van der Waals surface area contributed by atoms with E-state index < -0.39 is 0 Å². The molecule has 2 aliphatic rings. The van der Waals surface area contributed by atoms with Gasteiger partial charge in [-0.25, -0.2) is 0 Å². The third-order valence-corrected chi connectivity index (χ3v) is 8.11. The summed E-state index contributed by atoms with van der Waals surface area (Å²) in [5.41, 5.74) is 10.5. The van der Waals surface area contributed by atoms with Crippen LogP contribution in [0.2, 0.25) is 10.0 Å². The van der Waals surface area contributed by atoms with Crippen molar-refractivity contribution in [3.05, 3.63) is 76.3 Å². The molecule has 12 heteroatoms. The third kappa shape index (κ3) is 4.76. The molecule has 1 saturated carbocycles. The number of hydrogen-bond donors (Lipinski definition) is 2. The lowest BCUT2D eigenvalue weighted by molar-refractivity contribution is 0.227. The zero-order valence-electron chi connectivity index (χ0n) is 21.8. The van der Waals surface area contributed by atoms with Crippen molar-refractivity contribution >= 4 is 39.9 Å². The van der Waals surface area contributed by atoms with E-state index in [4.69, 9.17) is 33.7 Å². The van der Waals surface area contributed by atoms with E-state index in [0.717, 1.165) is 23.1 Å². The van der Waals surface area contributed by atoms with Crippen LogP contribution in [0.15, 0.2) is 55.1 Å². The number of aromatic amines is 1. The van der Waals surface area contributed by atoms with Gasteiger partial charge in [0.05, 0.1) is 33.3 Å². The van der Waals surface area contributed by atoms with Crippen LogP contribution in [-0.2, 0) is 6.42 Å². The number of ether oxygens (including phenoxy) is 1. The van der Waals surface area contributed by atoms with Gasteiger partial charge in [-0.15, -0.1) is 10.2 Å². The van der Waals surface area contributed by atoms with Gasteiger partial charge in [0.25, 0.3) is 0 Å². The van der Waals surface area contributed by atoms with Gasteiger partial charge in [-0.1, -0.05) is 23.2 Å². The number of H-pyrrole nitrogens is 1. The first-order chi connectivity index (χ1) is 19.3. The second kappa shape index (κ2) is 9.72. The minimum absolute atomic E-state index is 0.297. The Balaban J connectivity index is 1.04. The maximum Gasteiger partial charge on any atom is 0.151 e. The van der Waals surface area contributed by atoms with Crippen molar-refractivity contribution in [1.29, 1.82) is 0 Å². The molecule has 5 aromatic rings. The molecule has 1 atom stereocenters. The number of anilines is 1. The highest BCUT2D eigenvalue weighted by Crippen LogP contribution is 2.36. The van der Waals surface area contributed by atoms with Gasteiger partial charge in [0.2, 0.25) is 0 Å². The van der Waals surface area contributed by atoms with Crippen LogP contribution in [-0.4, -0.2) is 53.8 Å². The standard InChI is InChI=1S/C28H27Cl2N9O/c1-16(26-21(29)11-32-12-22(26)30)40-19-4-5-23-20(8-19)27(37-34-23)24-6-7-25(36-35-24)38-14-28(31,15-38)9-17-10-33-39(13-17)18-2-3-18/h4-8,10-13,16,18H,2-3,9,14-15,31H2,1H3,(H,34,37)/t16-/m1/s1. The number of nitrogens with one attached hydrogen (secondary N) is 1. The summed E-state index contributed by atoms with van der Waals surface area (Å²) in [4.78, 5) is 6.16. The fraction of sp³-hybridized carbons (Fsp3) is 0.321. The Bertz CT molecular complexity index is 1670. The lowest BCUT2D eigenvalue weighted by atomic mass is 9.85. The van der Waals surface area contributed by atoms with Crippen LogP contribution in [0.5, 0.6) is 5.75 Å². The van der Waals surface area contributed by atoms with Crippen LogP contribution >= 0.6 is 23.2 Å². The molecule has 1 saturated heterocycles. The van der Waals surface area contributed by atoms with Gasteiger partial charge in [0, 0.05) is 42.6 Å². The zero-order valence-corrected chi connectivity index (χ0v) is 23.3. The first-order valence-corrected chi connectivity index (χ1v) is 14.0. The molecular weight excluding hydrogens is 549 g/mol. The molecule has 1 aliphatic carbocycles. The van der Waals surface area contributed by atoms with Gasteiger partial charge in [-0.3, -0.25) is 14.8 Å². The van der Waals surface area contributed by atoms with Crippen molar-refractivity contribution in [3.63, 3.8) is 0 Å². The SMILES string of the molecule is C[C@@H](Oc1ccc2[nH]nc(-c3ccc(N4CC(N)(Cc5cnn(C6CC6)c5)C4)nn3)c2c1)c1c(Cl)cncc1Cl. The highest BCUT2D eigenvalue weighted by Gasteiger charge is 2.41. The number of pyridine rings is 1. The van der Waals surface area contributed by atoms with Crippen molar-refractivity contribution in [2.45, 2.75) is 43.9 Å². The van der Waals surface area contributed by atoms with Gasteiger partial charge < -0.3 is 15.4 Å². The molecule has 0 spiro atoms. The summed E-state index contributed by atoms with van der Waals surface area (Å²) in [6, 6.07) is 10.2. The maximum absolute atomic E-state index is 6.66. The quantitative estimate of drug-likeness (QED) is 0.260. The van der Waals surface area contributed by atoms with Crippen LogP contribution in [0, 0.1) is 0 Å². The number of rotatable bonds is 8. The molecule has 3 N–H and O–H groups in total. The van der Waals surface area contributed by atoms with Crippen LogP contribution < -0.4 is 15.4 Å². The molecule has 204 valence electrons. The molecular formula is C28H27Cl2N9O. The molecule has 2 fully saturated rings.